The predicted octanol–water partition coefficient (Wildman–Crippen LogP) is 5.58. The number of hydrogen-bond donors (Lipinski definition) is 0. The van der Waals surface area contributed by atoms with Crippen molar-refractivity contribution in [3.63, 3.8) is 0 Å². The predicted molar refractivity (Wildman–Crippen MR) is 91.2 cm³/mol. The van der Waals surface area contributed by atoms with E-state index in [1.54, 1.807) is 0 Å². The Morgan fingerprint density at radius 3 is 1.17 bits per heavy atom. The van der Waals surface area contributed by atoms with Gasteiger partial charge in [0.2, 0.25) is 0 Å². The van der Waals surface area contributed by atoms with Crippen molar-refractivity contribution in [2.24, 2.45) is 0 Å². The summed E-state index contributed by atoms with van der Waals surface area (Å²) in [5, 5.41) is 1.03. The molecule has 1 heterocycles. The Morgan fingerprint density at radius 2 is 1.00 bits per heavy atom. The molecule has 2 atom stereocenters. The molecule has 2 unspecified atom stereocenters. The van der Waals surface area contributed by atoms with Crippen LogP contribution in [0.5, 0.6) is 0 Å². The van der Waals surface area contributed by atoms with Crippen molar-refractivity contribution in [2.45, 2.75) is 91.6 Å². The zero-order valence-corrected chi connectivity index (χ0v) is 15.9. The molecular formula is C14H32BNP2. The molecular weight excluding hydrogens is 255 g/mol. The van der Waals surface area contributed by atoms with E-state index in [-0.39, 0.29) is 15.0 Å². The van der Waals surface area contributed by atoms with Crippen LogP contribution in [0.15, 0.2) is 0 Å². The molecule has 18 heavy (non-hydrogen) atoms. The average molecular weight is 287 g/mol. The summed E-state index contributed by atoms with van der Waals surface area (Å²) in [7, 11) is 0.360. The highest BCUT2D eigenvalue weighted by Gasteiger charge is 2.65. The molecule has 0 aromatic carbocycles. The molecule has 1 rings (SSSR count). The van der Waals surface area contributed by atoms with Gasteiger partial charge in [-0.3, -0.25) is 0 Å². The third kappa shape index (κ3) is 3.50. The van der Waals surface area contributed by atoms with Crippen molar-refractivity contribution < 1.29 is 0 Å². The molecule has 0 bridgehead atoms. The lowest BCUT2D eigenvalue weighted by Crippen LogP contribution is -2.41. The Hall–Kier alpha value is 0.885. The number of nitrogens with zero attached hydrogens (tertiary/aromatic N) is 1. The zero-order valence-electron chi connectivity index (χ0n) is 14.1. The van der Waals surface area contributed by atoms with Gasteiger partial charge in [-0.25, -0.2) is 0 Å². The lowest BCUT2D eigenvalue weighted by molar-refractivity contribution is 0.315. The van der Waals surface area contributed by atoms with E-state index in [0.29, 0.717) is 22.4 Å². The van der Waals surface area contributed by atoms with Gasteiger partial charge in [0.25, 0.3) is 6.29 Å². The minimum atomic E-state index is 0.180. The second-order valence-electron chi connectivity index (χ2n) is 8.01. The van der Waals surface area contributed by atoms with Crippen LogP contribution >= 0.6 is 15.0 Å². The van der Waals surface area contributed by atoms with E-state index in [4.69, 9.17) is 0 Å². The van der Waals surface area contributed by atoms with Crippen molar-refractivity contribution in [2.75, 3.05) is 0 Å². The Morgan fingerprint density at radius 1 is 0.722 bits per heavy atom. The SMILES string of the molecule is CC(C)N(B1P(C(C)(C)C)P1C(C)(C)C)C(C)C. The van der Waals surface area contributed by atoms with Crippen LogP contribution in [0.3, 0.4) is 0 Å². The topological polar surface area (TPSA) is 3.24 Å². The van der Waals surface area contributed by atoms with Gasteiger partial charge in [-0.15, -0.1) is 0 Å². The zero-order chi connectivity index (χ0) is 14.5. The van der Waals surface area contributed by atoms with Crippen LogP contribution in [0, 0.1) is 0 Å². The van der Waals surface area contributed by atoms with E-state index in [9.17, 15) is 0 Å². The number of rotatable bonds is 3. The number of hydrogen-bond acceptors (Lipinski definition) is 1. The fourth-order valence-electron chi connectivity index (χ4n) is 2.88. The molecule has 106 valence electrons. The van der Waals surface area contributed by atoms with Crippen LogP contribution in [-0.4, -0.2) is 33.5 Å². The Kier molecular flexibility index (Phi) is 5.03. The summed E-state index contributed by atoms with van der Waals surface area (Å²) in [5.41, 5.74) is 0. The standard InChI is InChI=1S/C14H32BNP2/c1-11(2)16(12(3)4)15-17(13(5,6)7)18(15)14(8,9)10/h11-12H,1-10H3. The van der Waals surface area contributed by atoms with Crippen LogP contribution in [0.2, 0.25) is 0 Å². The molecule has 4 heteroatoms. The first-order valence-electron chi connectivity index (χ1n) is 7.25. The van der Waals surface area contributed by atoms with Crippen molar-refractivity contribution >= 4 is 21.3 Å². The smallest absolute Gasteiger partial charge is 0.291 e. The van der Waals surface area contributed by atoms with E-state index < -0.39 is 0 Å². The molecule has 0 spiro atoms. The van der Waals surface area contributed by atoms with Gasteiger partial charge in [-0.2, -0.15) is 0 Å². The molecule has 0 amide bonds. The van der Waals surface area contributed by atoms with Gasteiger partial charge in [0, 0.05) is 0 Å². The van der Waals surface area contributed by atoms with E-state index >= 15 is 0 Å². The lowest BCUT2D eigenvalue weighted by atomic mass is 10.1. The van der Waals surface area contributed by atoms with Gasteiger partial charge in [0.1, 0.15) is 0 Å². The molecule has 1 nitrogen and oxygen atoms in total. The van der Waals surface area contributed by atoms with Crippen molar-refractivity contribution in [1.82, 2.24) is 4.81 Å². The normalized spacial score (nSPS) is 25.5. The van der Waals surface area contributed by atoms with Gasteiger partial charge in [0.15, 0.2) is 0 Å². The van der Waals surface area contributed by atoms with Crippen molar-refractivity contribution in [3.8, 4) is 0 Å². The third-order valence-corrected chi connectivity index (χ3v) is 14.6. The first-order chi connectivity index (χ1) is 7.89. The molecule has 1 aliphatic heterocycles. The van der Waals surface area contributed by atoms with Crippen LogP contribution in [0.4, 0.5) is 0 Å². The maximum absolute atomic E-state index is 2.80. The molecule has 0 saturated carbocycles. The molecule has 1 fully saturated rings. The van der Waals surface area contributed by atoms with E-state index in [0.717, 1.165) is 6.29 Å². The Bertz CT molecular complexity index is 263. The summed E-state index contributed by atoms with van der Waals surface area (Å²) >= 11 is 0. The second kappa shape index (κ2) is 5.35. The molecule has 1 aliphatic rings. The van der Waals surface area contributed by atoms with Gasteiger partial charge >= 0.3 is 0 Å². The summed E-state index contributed by atoms with van der Waals surface area (Å²) in [6, 6.07) is 1.36. The first-order valence-corrected chi connectivity index (χ1v) is 10.8. The van der Waals surface area contributed by atoms with Gasteiger partial charge < -0.3 is 4.81 Å². The summed E-state index contributed by atoms with van der Waals surface area (Å²) in [4.78, 5) is 2.80. The summed E-state index contributed by atoms with van der Waals surface area (Å²) < 4.78 is 0. The molecule has 1 saturated heterocycles. The van der Waals surface area contributed by atoms with Crippen molar-refractivity contribution in [3.05, 3.63) is 0 Å². The first kappa shape index (κ1) is 16.9. The molecule has 0 N–H and O–H groups in total. The second-order valence-corrected chi connectivity index (χ2v) is 16.0. The van der Waals surface area contributed by atoms with Crippen molar-refractivity contribution in [1.29, 1.82) is 0 Å². The third-order valence-electron chi connectivity index (χ3n) is 3.45. The molecule has 0 aliphatic carbocycles. The van der Waals surface area contributed by atoms with Crippen LogP contribution in [0.25, 0.3) is 0 Å². The van der Waals surface area contributed by atoms with Gasteiger partial charge in [-0.1, -0.05) is 84.2 Å². The maximum Gasteiger partial charge on any atom is 0.291 e. The quantitative estimate of drug-likeness (QED) is 0.484. The molecule has 0 aromatic heterocycles. The minimum Gasteiger partial charge on any atom is -0.329 e. The summed E-state index contributed by atoms with van der Waals surface area (Å²) in [6.45, 7) is 24.2. The van der Waals surface area contributed by atoms with Crippen LogP contribution in [0.1, 0.15) is 69.2 Å². The highest BCUT2D eigenvalue weighted by atomic mass is 32.1. The maximum atomic E-state index is 2.80. The largest absolute Gasteiger partial charge is 0.329 e. The van der Waals surface area contributed by atoms with Crippen LogP contribution in [-0.2, 0) is 0 Å². The Balaban J connectivity index is 3.00. The Labute approximate surface area is 118 Å². The van der Waals surface area contributed by atoms with Crippen LogP contribution < -0.4 is 0 Å². The molecule has 0 aromatic rings. The fourth-order valence-corrected chi connectivity index (χ4v) is 16.0. The highest BCUT2D eigenvalue weighted by Crippen LogP contribution is 3.00. The summed E-state index contributed by atoms with van der Waals surface area (Å²) in [5.74, 6) is 0. The molecule has 0 radical (unpaired) electrons. The fraction of sp³-hybridized carbons (Fsp3) is 1.00. The van der Waals surface area contributed by atoms with Gasteiger partial charge in [0.05, 0.1) is 0 Å². The van der Waals surface area contributed by atoms with Gasteiger partial charge in [-0.05, 0) is 22.4 Å². The summed E-state index contributed by atoms with van der Waals surface area (Å²) in [6.07, 6.45) is 0.898. The monoisotopic (exact) mass is 287 g/mol. The van der Waals surface area contributed by atoms with E-state index in [1.165, 1.54) is 0 Å². The van der Waals surface area contributed by atoms with E-state index in [1.807, 2.05) is 0 Å². The minimum absolute atomic E-state index is 0.180. The van der Waals surface area contributed by atoms with E-state index in [2.05, 4.69) is 74.0 Å². The lowest BCUT2D eigenvalue weighted by Gasteiger charge is -2.32. The average Bonchev–Trinajstić information content (AvgIpc) is 2.74. The highest BCUT2D eigenvalue weighted by molar-refractivity contribution is 8.79.